The molecule has 0 spiro atoms. The highest BCUT2D eigenvalue weighted by molar-refractivity contribution is 7.89. The third-order valence-corrected chi connectivity index (χ3v) is 7.19. The van der Waals surface area contributed by atoms with Crippen LogP contribution in [0.4, 0.5) is 0 Å². The fourth-order valence-corrected chi connectivity index (χ4v) is 5.47. The minimum Gasteiger partial charge on any atom is -0.489 e. The van der Waals surface area contributed by atoms with E-state index >= 15 is 0 Å². The van der Waals surface area contributed by atoms with Gasteiger partial charge in [0.05, 0.1) is 20.7 Å². The van der Waals surface area contributed by atoms with E-state index < -0.39 is 10.0 Å². The van der Waals surface area contributed by atoms with Crippen molar-refractivity contribution in [2.45, 2.75) is 57.5 Å². The molecule has 24 heavy (non-hydrogen) atoms. The van der Waals surface area contributed by atoms with Crippen LogP contribution < -0.4 is 4.74 Å². The summed E-state index contributed by atoms with van der Waals surface area (Å²) in [4.78, 5) is 4.98. The Kier molecular flexibility index (Phi) is 4.86. The maximum Gasteiger partial charge on any atom is 0.243 e. The molecule has 0 N–H and O–H groups in total. The fourth-order valence-electron chi connectivity index (χ4n) is 2.81. The van der Waals surface area contributed by atoms with Gasteiger partial charge in [0.1, 0.15) is 11.3 Å². The van der Waals surface area contributed by atoms with E-state index in [1.165, 1.54) is 0 Å². The Balaban J connectivity index is 2.14. The number of fused-ring (bicyclic) bond motifs is 1. The van der Waals surface area contributed by atoms with Crippen LogP contribution in [0.3, 0.4) is 0 Å². The minimum atomic E-state index is -3.47. The zero-order chi connectivity index (χ0) is 17.5. The second kappa shape index (κ2) is 6.61. The normalized spacial score (nSPS) is 16.6. The summed E-state index contributed by atoms with van der Waals surface area (Å²) in [6.07, 6.45) is 1.81. The average molecular weight is 369 g/mol. The third kappa shape index (κ3) is 3.30. The summed E-state index contributed by atoms with van der Waals surface area (Å²) in [5, 5.41) is 0.995. The van der Waals surface area contributed by atoms with Crippen molar-refractivity contribution >= 4 is 31.6 Å². The number of ether oxygens (including phenoxy) is 1. The van der Waals surface area contributed by atoms with Gasteiger partial charge in [-0.1, -0.05) is 13.8 Å². The summed E-state index contributed by atoms with van der Waals surface area (Å²) in [6, 6.07) is 3.39. The smallest absolute Gasteiger partial charge is 0.243 e. The molecule has 1 aliphatic heterocycles. The van der Waals surface area contributed by atoms with E-state index in [4.69, 9.17) is 4.74 Å². The van der Waals surface area contributed by atoms with Gasteiger partial charge in [-0.2, -0.15) is 4.31 Å². The predicted molar refractivity (Wildman–Crippen MR) is 97.5 cm³/mol. The zero-order valence-corrected chi connectivity index (χ0v) is 16.2. The predicted octanol–water partition coefficient (Wildman–Crippen LogP) is 3.99. The van der Waals surface area contributed by atoms with Crippen molar-refractivity contribution in [2.24, 2.45) is 0 Å². The molecule has 1 saturated heterocycles. The van der Waals surface area contributed by atoms with E-state index in [-0.39, 0.29) is 6.10 Å². The molecular weight excluding hydrogens is 344 g/mol. The minimum absolute atomic E-state index is 0.0397. The summed E-state index contributed by atoms with van der Waals surface area (Å²) in [7, 11) is -3.47. The van der Waals surface area contributed by atoms with Gasteiger partial charge in [0.25, 0.3) is 0 Å². The maximum atomic E-state index is 12.9. The van der Waals surface area contributed by atoms with Crippen molar-refractivity contribution in [2.75, 3.05) is 13.1 Å². The number of hydrogen-bond acceptors (Lipinski definition) is 5. The lowest BCUT2D eigenvalue weighted by Gasteiger charge is -2.17. The molecule has 2 aromatic rings. The summed E-state index contributed by atoms with van der Waals surface area (Å²) >= 11 is 1.55. The molecule has 0 bridgehead atoms. The Morgan fingerprint density at radius 3 is 2.42 bits per heavy atom. The molecule has 1 aliphatic rings. The number of rotatable bonds is 5. The highest BCUT2D eigenvalue weighted by Crippen LogP contribution is 2.37. The number of thiazole rings is 1. The number of benzene rings is 1. The molecular formula is C17H24N2O3S2. The van der Waals surface area contributed by atoms with Crippen LogP contribution in [0, 0.1) is 0 Å². The van der Waals surface area contributed by atoms with Crippen molar-refractivity contribution in [3.8, 4) is 5.75 Å². The molecule has 132 valence electrons. The monoisotopic (exact) mass is 368 g/mol. The SMILES string of the molecule is CC(C)Oc1cc(S(=O)(=O)N2CCCC2)cc2sc(C(C)C)nc12. The van der Waals surface area contributed by atoms with Crippen LogP contribution in [0.25, 0.3) is 10.2 Å². The number of hydrogen-bond donors (Lipinski definition) is 0. The van der Waals surface area contributed by atoms with Gasteiger partial charge < -0.3 is 4.74 Å². The second-order valence-corrected chi connectivity index (χ2v) is 9.75. The lowest BCUT2D eigenvalue weighted by atomic mass is 10.2. The Morgan fingerprint density at radius 2 is 1.83 bits per heavy atom. The lowest BCUT2D eigenvalue weighted by Crippen LogP contribution is -2.27. The Hall–Kier alpha value is -1.18. The van der Waals surface area contributed by atoms with Crippen LogP contribution in [-0.4, -0.2) is 36.9 Å². The number of aromatic nitrogens is 1. The molecule has 1 fully saturated rings. The van der Waals surface area contributed by atoms with E-state index in [0.717, 1.165) is 28.1 Å². The van der Waals surface area contributed by atoms with E-state index in [9.17, 15) is 8.42 Å². The first kappa shape index (κ1) is 17.6. The van der Waals surface area contributed by atoms with Crippen molar-refractivity contribution in [3.05, 3.63) is 17.1 Å². The van der Waals surface area contributed by atoms with Crippen LogP contribution in [0.15, 0.2) is 17.0 Å². The van der Waals surface area contributed by atoms with E-state index in [0.29, 0.717) is 29.7 Å². The van der Waals surface area contributed by atoms with Crippen LogP contribution >= 0.6 is 11.3 Å². The molecule has 1 aromatic heterocycles. The average Bonchev–Trinajstić information content (AvgIpc) is 3.16. The van der Waals surface area contributed by atoms with E-state index in [2.05, 4.69) is 18.8 Å². The molecule has 0 atom stereocenters. The number of sulfonamides is 1. The van der Waals surface area contributed by atoms with Gasteiger partial charge in [-0.15, -0.1) is 11.3 Å². The Labute approximate surface area is 147 Å². The molecule has 5 nitrogen and oxygen atoms in total. The number of nitrogens with zero attached hydrogens (tertiary/aromatic N) is 2. The molecule has 1 aromatic carbocycles. The molecule has 0 radical (unpaired) electrons. The van der Waals surface area contributed by atoms with Gasteiger partial charge in [0.2, 0.25) is 10.0 Å². The molecule has 0 saturated carbocycles. The fraction of sp³-hybridized carbons (Fsp3) is 0.588. The third-order valence-electron chi connectivity index (χ3n) is 4.01. The molecule has 2 heterocycles. The highest BCUT2D eigenvalue weighted by Gasteiger charge is 2.29. The van der Waals surface area contributed by atoms with Gasteiger partial charge in [-0.25, -0.2) is 13.4 Å². The van der Waals surface area contributed by atoms with Crippen molar-refractivity contribution in [1.82, 2.24) is 9.29 Å². The Morgan fingerprint density at radius 1 is 1.17 bits per heavy atom. The topological polar surface area (TPSA) is 59.5 Å². The Bertz CT molecular complexity index is 835. The first-order valence-corrected chi connectivity index (χ1v) is 10.7. The van der Waals surface area contributed by atoms with Crippen molar-refractivity contribution in [1.29, 1.82) is 0 Å². The van der Waals surface area contributed by atoms with Gasteiger partial charge in [-0.3, -0.25) is 0 Å². The standard InChI is InChI=1S/C17H24N2O3S2/c1-11(2)17-18-16-14(22-12(3)4)9-13(10-15(16)23-17)24(20,21)19-7-5-6-8-19/h9-12H,5-8H2,1-4H3. The largest absolute Gasteiger partial charge is 0.489 e. The summed E-state index contributed by atoms with van der Waals surface area (Å²) in [6.45, 7) is 9.24. The van der Waals surface area contributed by atoms with Crippen LogP contribution in [0.1, 0.15) is 51.5 Å². The highest BCUT2D eigenvalue weighted by atomic mass is 32.2. The van der Waals surface area contributed by atoms with Crippen LogP contribution in [0.2, 0.25) is 0 Å². The zero-order valence-electron chi connectivity index (χ0n) is 14.6. The summed E-state index contributed by atoms with van der Waals surface area (Å²) in [5.74, 6) is 0.858. The van der Waals surface area contributed by atoms with Gasteiger partial charge in [-0.05, 0) is 32.8 Å². The molecule has 7 heteroatoms. The molecule has 0 unspecified atom stereocenters. The molecule has 0 aliphatic carbocycles. The van der Waals surface area contributed by atoms with Gasteiger partial charge >= 0.3 is 0 Å². The lowest BCUT2D eigenvalue weighted by molar-refractivity contribution is 0.244. The summed E-state index contributed by atoms with van der Waals surface area (Å²) < 4.78 is 34.1. The van der Waals surface area contributed by atoms with Gasteiger partial charge in [0.15, 0.2) is 0 Å². The van der Waals surface area contributed by atoms with Gasteiger partial charge in [0, 0.05) is 25.1 Å². The van der Waals surface area contributed by atoms with Crippen LogP contribution in [0.5, 0.6) is 5.75 Å². The molecule has 3 rings (SSSR count). The quantitative estimate of drug-likeness (QED) is 0.800. The van der Waals surface area contributed by atoms with Crippen LogP contribution in [-0.2, 0) is 10.0 Å². The second-order valence-electron chi connectivity index (χ2n) is 6.75. The van der Waals surface area contributed by atoms with E-state index in [1.54, 1.807) is 27.8 Å². The first-order valence-electron chi connectivity index (χ1n) is 8.40. The van der Waals surface area contributed by atoms with Crippen molar-refractivity contribution in [3.63, 3.8) is 0 Å². The first-order chi connectivity index (χ1) is 11.3. The van der Waals surface area contributed by atoms with E-state index in [1.807, 2.05) is 13.8 Å². The molecule has 0 amide bonds. The summed E-state index contributed by atoms with van der Waals surface area (Å²) in [5.41, 5.74) is 0.762. The van der Waals surface area contributed by atoms with Crippen molar-refractivity contribution < 1.29 is 13.2 Å². The maximum absolute atomic E-state index is 12.9.